The van der Waals surface area contributed by atoms with Crippen molar-refractivity contribution >= 4 is 17.5 Å². The minimum Gasteiger partial charge on any atom is -0.508 e. The highest BCUT2D eigenvalue weighted by atomic mass is 16.3. The van der Waals surface area contributed by atoms with Crippen molar-refractivity contribution in [2.45, 2.75) is 32.7 Å². The van der Waals surface area contributed by atoms with Gasteiger partial charge in [-0.25, -0.2) is 4.79 Å². The second kappa shape index (κ2) is 8.15. The Bertz CT molecular complexity index is 694. The van der Waals surface area contributed by atoms with E-state index in [4.69, 9.17) is 0 Å². The van der Waals surface area contributed by atoms with Crippen LogP contribution >= 0.6 is 0 Å². The van der Waals surface area contributed by atoms with Gasteiger partial charge in [0.05, 0.1) is 0 Å². The van der Waals surface area contributed by atoms with Crippen molar-refractivity contribution in [2.24, 2.45) is 0 Å². The molecule has 5 nitrogen and oxygen atoms in total. The standard InChI is InChI=1S/C19H22N2O3/c1-13(3-4-15-5-11-18(23)12-6-15)20-19(24)21-17-9-7-16(8-10-17)14(2)22/h5-13,23H,3-4H2,1-2H3,(H2,20,21,24). The number of hydrogen-bond donors (Lipinski definition) is 3. The summed E-state index contributed by atoms with van der Waals surface area (Å²) in [5, 5.41) is 14.9. The van der Waals surface area contributed by atoms with Gasteiger partial charge >= 0.3 is 6.03 Å². The number of Topliss-reactive ketones (excluding diaryl/α,β-unsaturated/α-hetero) is 1. The lowest BCUT2D eigenvalue weighted by Crippen LogP contribution is -2.36. The number of amides is 2. The first-order chi connectivity index (χ1) is 11.4. The van der Waals surface area contributed by atoms with E-state index in [1.54, 1.807) is 36.4 Å². The molecule has 0 heterocycles. The number of rotatable bonds is 6. The monoisotopic (exact) mass is 326 g/mol. The van der Waals surface area contributed by atoms with E-state index in [1.165, 1.54) is 6.92 Å². The molecule has 2 aromatic carbocycles. The van der Waals surface area contributed by atoms with E-state index in [9.17, 15) is 14.7 Å². The first kappa shape index (κ1) is 17.5. The second-order valence-electron chi connectivity index (χ2n) is 5.84. The first-order valence-electron chi connectivity index (χ1n) is 7.90. The summed E-state index contributed by atoms with van der Waals surface area (Å²) in [6.45, 7) is 3.45. The zero-order valence-corrected chi connectivity index (χ0v) is 13.9. The number of phenolic OH excluding ortho intramolecular Hbond substituents is 1. The van der Waals surface area contributed by atoms with Crippen LogP contribution in [0.3, 0.4) is 0 Å². The van der Waals surface area contributed by atoms with Crippen molar-refractivity contribution in [3.05, 3.63) is 59.7 Å². The molecular weight excluding hydrogens is 304 g/mol. The highest BCUT2D eigenvalue weighted by Crippen LogP contribution is 2.12. The summed E-state index contributed by atoms with van der Waals surface area (Å²) >= 11 is 0. The number of hydrogen-bond acceptors (Lipinski definition) is 3. The molecule has 0 aliphatic rings. The number of carbonyl (C=O) groups excluding carboxylic acids is 2. The molecule has 24 heavy (non-hydrogen) atoms. The van der Waals surface area contributed by atoms with Crippen LogP contribution in [0.25, 0.3) is 0 Å². The molecule has 0 saturated heterocycles. The van der Waals surface area contributed by atoms with Gasteiger partial charge in [0.25, 0.3) is 0 Å². The summed E-state index contributed by atoms with van der Waals surface area (Å²) in [6.07, 6.45) is 1.61. The maximum absolute atomic E-state index is 12.0. The molecule has 0 radical (unpaired) electrons. The predicted molar refractivity (Wildman–Crippen MR) is 94.5 cm³/mol. The Kier molecular flexibility index (Phi) is 5.95. The van der Waals surface area contributed by atoms with Crippen LogP contribution in [0.1, 0.15) is 36.2 Å². The summed E-state index contributed by atoms with van der Waals surface area (Å²) in [5.41, 5.74) is 2.37. The molecule has 0 bridgehead atoms. The normalized spacial score (nSPS) is 11.6. The highest BCUT2D eigenvalue weighted by Gasteiger charge is 2.08. The fourth-order valence-electron chi connectivity index (χ4n) is 2.30. The topological polar surface area (TPSA) is 78.4 Å². The molecule has 1 unspecified atom stereocenters. The molecule has 0 spiro atoms. The van der Waals surface area contributed by atoms with Crippen LogP contribution in [0, 0.1) is 0 Å². The quantitative estimate of drug-likeness (QED) is 0.708. The smallest absolute Gasteiger partial charge is 0.319 e. The molecule has 0 aliphatic carbocycles. The van der Waals surface area contributed by atoms with Gasteiger partial charge in [0.1, 0.15) is 5.75 Å². The summed E-state index contributed by atoms with van der Waals surface area (Å²) in [6, 6.07) is 13.6. The molecular formula is C19H22N2O3. The molecule has 126 valence electrons. The third kappa shape index (κ3) is 5.43. The van der Waals surface area contributed by atoms with E-state index >= 15 is 0 Å². The van der Waals surface area contributed by atoms with Crippen molar-refractivity contribution in [1.29, 1.82) is 0 Å². The maximum atomic E-state index is 12.0. The van der Waals surface area contributed by atoms with Gasteiger partial charge < -0.3 is 15.7 Å². The number of carbonyl (C=O) groups is 2. The van der Waals surface area contributed by atoms with Crippen LogP contribution in [0.2, 0.25) is 0 Å². The van der Waals surface area contributed by atoms with Gasteiger partial charge in [0.2, 0.25) is 0 Å². The van der Waals surface area contributed by atoms with E-state index in [0.717, 1.165) is 18.4 Å². The Balaban J connectivity index is 1.78. The fraction of sp³-hybridized carbons (Fsp3) is 0.263. The molecule has 3 N–H and O–H groups in total. The van der Waals surface area contributed by atoms with Gasteiger partial charge in [-0.05, 0) is 68.7 Å². The number of aryl methyl sites for hydroxylation is 1. The number of urea groups is 1. The molecule has 2 aromatic rings. The lowest BCUT2D eigenvalue weighted by molar-refractivity contribution is 0.101. The van der Waals surface area contributed by atoms with E-state index < -0.39 is 0 Å². The van der Waals surface area contributed by atoms with Crippen LogP contribution in [-0.4, -0.2) is 23.0 Å². The number of ketones is 1. The zero-order valence-electron chi connectivity index (χ0n) is 13.9. The van der Waals surface area contributed by atoms with Crippen molar-refractivity contribution in [2.75, 3.05) is 5.32 Å². The molecule has 2 rings (SSSR count). The van der Waals surface area contributed by atoms with Crippen LogP contribution in [0.5, 0.6) is 5.75 Å². The minimum atomic E-state index is -0.274. The Morgan fingerprint density at radius 2 is 1.67 bits per heavy atom. The summed E-state index contributed by atoms with van der Waals surface area (Å²) in [5.74, 6) is 0.244. The number of phenols is 1. The fourth-order valence-corrected chi connectivity index (χ4v) is 2.30. The van der Waals surface area contributed by atoms with Gasteiger partial charge in [0, 0.05) is 17.3 Å². The van der Waals surface area contributed by atoms with Gasteiger partial charge in [-0.2, -0.15) is 0 Å². The third-order valence-electron chi connectivity index (χ3n) is 3.73. The van der Waals surface area contributed by atoms with Crippen molar-refractivity contribution in [3.63, 3.8) is 0 Å². The van der Waals surface area contributed by atoms with Crippen LogP contribution in [0.15, 0.2) is 48.5 Å². The predicted octanol–water partition coefficient (Wildman–Crippen LogP) is 3.74. The van der Waals surface area contributed by atoms with Crippen LogP contribution in [-0.2, 0) is 6.42 Å². The van der Waals surface area contributed by atoms with Crippen LogP contribution in [0.4, 0.5) is 10.5 Å². The zero-order chi connectivity index (χ0) is 17.5. The van der Waals surface area contributed by atoms with E-state index in [2.05, 4.69) is 10.6 Å². The highest BCUT2D eigenvalue weighted by molar-refractivity contribution is 5.95. The Labute approximate surface area is 141 Å². The number of aromatic hydroxyl groups is 1. The lowest BCUT2D eigenvalue weighted by Gasteiger charge is -2.15. The van der Waals surface area contributed by atoms with Gasteiger partial charge in [-0.1, -0.05) is 12.1 Å². The second-order valence-corrected chi connectivity index (χ2v) is 5.84. The average molecular weight is 326 g/mol. The molecule has 0 fully saturated rings. The summed E-state index contributed by atoms with van der Waals surface area (Å²) < 4.78 is 0. The van der Waals surface area contributed by atoms with E-state index in [-0.39, 0.29) is 23.6 Å². The van der Waals surface area contributed by atoms with Gasteiger partial charge in [0.15, 0.2) is 5.78 Å². The number of anilines is 1. The Hall–Kier alpha value is -2.82. The Morgan fingerprint density at radius 3 is 2.25 bits per heavy atom. The largest absolute Gasteiger partial charge is 0.508 e. The minimum absolute atomic E-state index is 0.00569. The van der Waals surface area contributed by atoms with Crippen molar-refractivity contribution in [1.82, 2.24) is 5.32 Å². The molecule has 0 aliphatic heterocycles. The summed E-state index contributed by atoms with van der Waals surface area (Å²) in [7, 11) is 0. The SMILES string of the molecule is CC(=O)c1ccc(NC(=O)NC(C)CCc2ccc(O)cc2)cc1. The third-order valence-corrected chi connectivity index (χ3v) is 3.73. The molecule has 0 saturated carbocycles. The Morgan fingerprint density at radius 1 is 1.04 bits per heavy atom. The average Bonchev–Trinajstić information content (AvgIpc) is 2.54. The molecule has 2 amide bonds. The molecule has 1 atom stereocenters. The number of benzene rings is 2. The van der Waals surface area contributed by atoms with Gasteiger partial charge in [-0.3, -0.25) is 4.79 Å². The van der Waals surface area contributed by atoms with Crippen molar-refractivity contribution < 1.29 is 14.7 Å². The molecule has 5 heteroatoms. The van der Waals surface area contributed by atoms with Gasteiger partial charge in [-0.15, -0.1) is 0 Å². The summed E-state index contributed by atoms with van der Waals surface area (Å²) in [4.78, 5) is 23.2. The van der Waals surface area contributed by atoms with Crippen molar-refractivity contribution in [3.8, 4) is 5.75 Å². The first-order valence-corrected chi connectivity index (χ1v) is 7.90. The van der Waals surface area contributed by atoms with E-state index in [1.807, 2.05) is 19.1 Å². The number of nitrogens with one attached hydrogen (secondary N) is 2. The molecule has 0 aromatic heterocycles. The van der Waals surface area contributed by atoms with E-state index in [0.29, 0.717) is 11.3 Å². The lowest BCUT2D eigenvalue weighted by atomic mass is 10.1. The maximum Gasteiger partial charge on any atom is 0.319 e. The van der Waals surface area contributed by atoms with Crippen LogP contribution < -0.4 is 10.6 Å².